The van der Waals surface area contributed by atoms with E-state index in [0.29, 0.717) is 6.42 Å². The third kappa shape index (κ3) is 11.1. The molecule has 148 valence electrons. The molecule has 3 N–H and O–H groups in total. The number of hydrogen-bond acceptors (Lipinski definition) is 4. The number of carbonyl (C=O) groups excluding carboxylic acids is 1. The van der Waals surface area contributed by atoms with Gasteiger partial charge in [-0.05, 0) is 18.4 Å². The quantitative estimate of drug-likeness (QED) is 0.432. The van der Waals surface area contributed by atoms with Crippen molar-refractivity contribution in [1.29, 1.82) is 0 Å². The van der Waals surface area contributed by atoms with Gasteiger partial charge in [0.05, 0.1) is 12.7 Å². The fraction of sp³-hybridized carbons (Fsp3) is 0.667. The summed E-state index contributed by atoms with van der Waals surface area (Å²) in [5, 5.41) is 21.6. The highest BCUT2D eigenvalue weighted by Gasteiger charge is 2.17. The van der Waals surface area contributed by atoms with Gasteiger partial charge in [-0.1, -0.05) is 82.2 Å². The number of hydrogen-bond donors (Lipinski definition) is 3. The molecule has 0 spiro atoms. The van der Waals surface area contributed by atoms with Crippen LogP contribution in [-0.2, 0) is 11.3 Å². The molecule has 5 nitrogen and oxygen atoms in total. The number of benzene rings is 1. The van der Waals surface area contributed by atoms with Crippen LogP contribution < -0.4 is 5.32 Å². The summed E-state index contributed by atoms with van der Waals surface area (Å²) in [5.41, 5.74) is 0.932. The molecule has 2 atom stereocenters. The van der Waals surface area contributed by atoms with Crippen molar-refractivity contribution in [1.82, 2.24) is 5.32 Å². The zero-order valence-corrected chi connectivity index (χ0v) is 16.0. The van der Waals surface area contributed by atoms with Gasteiger partial charge in [0.25, 0.3) is 0 Å². The number of alkyl carbamates (subject to hydrolysis) is 1. The molecule has 26 heavy (non-hydrogen) atoms. The minimum Gasteiger partial charge on any atom is -0.445 e. The van der Waals surface area contributed by atoms with Crippen molar-refractivity contribution in [3.8, 4) is 0 Å². The van der Waals surface area contributed by atoms with E-state index in [-0.39, 0.29) is 19.3 Å². The SMILES string of the molecule is CCCCCCCCC[C@@H](C[C@H](O)CO)NC(=O)OCc1ccccc1. The van der Waals surface area contributed by atoms with Gasteiger partial charge in [-0.3, -0.25) is 0 Å². The van der Waals surface area contributed by atoms with Gasteiger partial charge in [0.2, 0.25) is 0 Å². The first-order valence-electron chi connectivity index (χ1n) is 9.91. The third-order valence-corrected chi connectivity index (χ3v) is 4.46. The Hall–Kier alpha value is -1.59. The summed E-state index contributed by atoms with van der Waals surface area (Å²) in [5.74, 6) is 0. The van der Waals surface area contributed by atoms with E-state index in [1.807, 2.05) is 30.3 Å². The number of aliphatic hydroxyl groups excluding tert-OH is 2. The number of carbonyl (C=O) groups is 1. The Bertz CT molecular complexity index is 466. The van der Waals surface area contributed by atoms with E-state index in [4.69, 9.17) is 9.84 Å². The topological polar surface area (TPSA) is 78.8 Å². The fourth-order valence-corrected chi connectivity index (χ4v) is 2.93. The minimum absolute atomic E-state index is 0.184. The van der Waals surface area contributed by atoms with Crippen LogP contribution in [0, 0.1) is 0 Å². The second-order valence-electron chi connectivity index (χ2n) is 6.89. The van der Waals surface area contributed by atoms with Crippen molar-refractivity contribution in [2.45, 2.75) is 83.5 Å². The Balaban J connectivity index is 2.30. The summed E-state index contributed by atoms with van der Waals surface area (Å²) in [6.07, 6.45) is 8.22. The molecule has 0 aliphatic rings. The van der Waals surface area contributed by atoms with E-state index >= 15 is 0 Å². The maximum absolute atomic E-state index is 12.0. The Morgan fingerprint density at radius 3 is 2.38 bits per heavy atom. The van der Waals surface area contributed by atoms with Crippen LogP contribution in [0.2, 0.25) is 0 Å². The molecule has 0 radical (unpaired) electrons. The second kappa shape index (κ2) is 14.6. The molecule has 0 aromatic heterocycles. The predicted molar refractivity (Wildman–Crippen MR) is 104 cm³/mol. The van der Waals surface area contributed by atoms with Gasteiger partial charge in [-0.15, -0.1) is 0 Å². The van der Waals surface area contributed by atoms with E-state index in [9.17, 15) is 9.90 Å². The molecular weight excluding hydrogens is 330 g/mol. The molecule has 0 bridgehead atoms. The molecule has 0 unspecified atom stereocenters. The van der Waals surface area contributed by atoms with Gasteiger partial charge in [0, 0.05) is 6.04 Å². The Kier molecular flexibility index (Phi) is 12.6. The van der Waals surface area contributed by atoms with Gasteiger partial charge in [-0.2, -0.15) is 0 Å². The average Bonchev–Trinajstić information content (AvgIpc) is 2.66. The van der Waals surface area contributed by atoms with Crippen LogP contribution in [0.3, 0.4) is 0 Å². The molecule has 1 aromatic carbocycles. The molecular formula is C21H35NO4. The van der Waals surface area contributed by atoms with Gasteiger partial charge in [0.15, 0.2) is 0 Å². The van der Waals surface area contributed by atoms with Crippen molar-refractivity contribution < 1.29 is 19.7 Å². The first-order valence-corrected chi connectivity index (χ1v) is 9.91. The third-order valence-electron chi connectivity index (χ3n) is 4.46. The van der Waals surface area contributed by atoms with Crippen LogP contribution in [0.1, 0.15) is 70.3 Å². The monoisotopic (exact) mass is 365 g/mol. The highest BCUT2D eigenvalue weighted by atomic mass is 16.5. The van der Waals surface area contributed by atoms with E-state index in [0.717, 1.165) is 24.8 Å². The smallest absolute Gasteiger partial charge is 0.407 e. The van der Waals surface area contributed by atoms with Crippen molar-refractivity contribution in [2.75, 3.05) is 6.61 Å². The number of aliphatic hydroxyl groups is 2. The summed E-state index contributed by atoms with van der Waals surface area (Å²) >= 11 is 0. The van der Waals surface area contributed by atoms with Crippen molar-refractivity contribution >= 4 is 6.09 Å². The van der Waals surface area contributed by atoms with Gasteiger partial charge >= 0.3 is 6.09 Å². The van der Waals surface area contributed by atoms with Crippen LogP contribution in [0.4, 0.5) is 4.79 Å². The lowest BCUT2D eigenvalue weighted by atomic mass is 10.0. The highest BCUT2D eigenvalue weighted by molar-refractivity contribution is 5.67. The Labute approximate surface area is 157 Å². The number of rotatable bonds is 14. The lowest BCUT2D eigenvalue weighted by molar-refractivity contribution is 0.0750. The van der Waals surface area contributed by atoms with Crippen molar-refractivity contribution in [2.24, 2.45) is 0 Å². The standard InChI is InChI=1S/C21H35NO4/c1-2-3-4-5-6-7-11-14-19(15-20(24)16-23)22-21(25)26-17-18-12-9-8-10-13-18/h8-10,12-13,19-20,23-24H,2-7,11,14-17H2,1H3,(H,22,25)/t19-,20-/m0/s1. The number of amides is 1. The molecule has 1 aromatic rings. The van der Waals surface area contributed by atoms with Crippen LogP contribution in [0.5, 0.6) is 0 Å². The molecule has 0 fully saturated rings. The van der Waals surface area contributed by atoms with E-state index in [1.165, 1.54) is 32.1 Å². The average molecular weight is 366 g/mol. The molecule has 0 heterocycles. The van der Waals surface area contributed by atoms with E-state index in [2.05, 4.69) is 12.2 Å². The lowest BCUT2D eigenvalue weighted by Crippen LogP contribution is -2.38. The first kappa shape index (κ1) is 22.5. The summed E-state index contributed by atoms with van der Waals surface area (Å²) in [7, 11) is 0. The molecule has 0 saturated heterocycles. The molecule has 1 rings (SSSR count). The van der Waals surface area contributed by atoms with Crippen LogP contribution in [-0.4, -0.2) is 35.1 Å². The highest BCUT2D eigenvalue weighted by Crippen LogP contribution is 2.13. The predicted octanol–water partition coefficient (Wildman–Crippen LogP) is 4.17. The van der Waals surface area contributed by atoms with Crippen molar-refractivity contribution in [3.05, 3.63) is 35.9 Å². The van der Waals surface area contributed by atoms with Gasteiger partial charge in [0.1, 0.15) is 6.61 Å². The van der Waals surface area contributed by atoms with Crippen molar-refractivity contribution in [3.63, 3.8) is 0 Å². The van der Waals surface area contributed by atoms with Crippen LogP contribution >= 0.6 is 0 Å². The van der Waals surface area contributed by atoms with Crippen LogP contribution in [0.15, 0.2) is 30.3 Å². The van der Waals surface area contributed by atoms with Gasteiger partial charge < -0.3 is 20.3 Å². The number of ether oxygens (including phenoxy) is 1. The van der Waals surface area contributed by atoms with Crippen LogP contribution in [0.25, 0.3) is 0 Å². The summed E-state index contributed by atoms with van der Waals surface area (Å²) in [6, 6.07) is 9.33. The zero-order valence-electron chi connectivity index (χ0n) is 16.0. The summed E-state index contributed by atoms with van der Waals surface area (Å²) in [6.45, 7) is 2.13. The molecule has 0 aliphatic heterocycles. The molecule has 0 aliphatic carbocycles. The minimum atomic E-state index is -0.820. The maximum Gasteiger partial charge on any atom is 0.407 e. The molecule has 5 heteroatoms. The number of unbranched alkanes of at least 4 members (excludes halogenated alkanes) is 6. The summed E-state index contributed by atoms with van der Waals surface area (Å²) in [4.78, 5) is 12.0. The lowest BCUT2D eigenvalue weighted by Gasteiger charge is -2.20. The normalized spacial score (nSPS) is 13.2. The second-order valence-corrected chi connectivity index (χ2v) is 6.89. The van der Waals surface area contributed by atoms with E-state index < -0.39 is 12.2 Å². The Morgan fingerprint density at radius 1 is 1.08 bits per heavy atom. The zero-order chi connectivity index (χ0) is 19.0. The number of nitrogens with one attached hydrogen (secondary N) is 1. The Morgan fingerprint density at radius 2 is 1.73 bits per heavy atom. The first-order chi connectivity index (χ1) is 12.7. The molecule has 1 amide bonds. The maximum atomic E-state index is 12.0. The molecule has 0 saturated carbocycles. The fourth-order valence-electron chi connectivity index (χ4n) is 2.93. The van der Waals surface area contributed by atoms with Gasteiger partial charge in [-0.25, -0.2) is 4.79 Å². The largest absolute Gasteiger partial charge is 0.445 e. The summed E-state index contributed by atoms with van der Waals surface area (Å²) < 4.78 is 5.25. The van der Waals surface area contributed by atoms with E-state index in [1.54, 1.807) is 0 Å².